The lowest BCUT2D eigenvalue weighted by Gasteiger charge is -2.24. The van der Waals surface area contributed by atoms with Crippen LogP contribution in [-0.2, 0) is 0 Å². The molecule has 0 spiro atoms. The van der Waals surface area contributed by atoms with Gasteiger partial charge >= 0.3 is 6.18 Å². The van der Waals surface area contributed by atoms with Gasteiger partial charge in [-0.2, -0.15) is 13.2 Å². The number of hydrogen-bond acceptors (Lipinski definition) is 1. The summed E-state index contributed by atoms with van der Waals surface area (Å²) in [5.41, 5.74) is -0.808. The fourth-order valence-electron chi connectivity index (χ4n) is 0.991. The van der Waals surface area contributed by atoms with Gasteiger partial charge in [0.15, 0.2) is 0 Å². The van der Waals surface area contributed by atoms with Gasteiger partial charge in [0, 0.05) is 9.84 Å². The van der Waals surface area contributed by atoms with E-state index in [1.54, 1.807) is 6.92 Å². The predicted octanol–water partition coefficient (Wildman–Crippen LogP) is 3.67. The Bertz CT molecular complexity index is 280. The van der Waals surface area contributed by atoms with Crippen molar-refractivity contribution < 1.29 is 13.2 Å². The van der Waals surface area contributed by atoms with Crippen molar-refractivity contribution in [3.63, 3.8) is 0 Å². The first-order chi connectivity index (χ1) is 5.71. The third-order valence-corrected chi connectivity index (χ3v) is 2.39. The summed E-state index contributed by atoms with van der Waals surface area (Å²) < 4.78 is 36.1. The molecule has 1 atom stereocenters. The monoisotopic (exact) mass is 323 g/mol. The molecule has 1 unspecified atom stereocenters. The Hall–Kier alpha value is 0.220. The molecule has 0 saturated heterocycles. The lowest BCUT2D eigenvalue weighted by Crippen LogP contribution is -2.32. The molecule has 0 aromatic carbocycles. The largest absolute Gasteiger partial charge is 0.429 e. The smallest absolute Gasteiger partial charge is 0.236 e. The van der Waals surface area contributed by atoms with Gasteiger partial charge in [0.05, 0.1) is 0 Å². The predicted molar refractivity (Wildman–Crippen MR) is 54.5 cm³/mol. The maximum Gasteiger partial charge on any atom is 0.429 e. The van der Waals surface area contributed by atoms with Crippen LogP contribution in [0.4, 0.5) is 13.2 Å². The Morgan fingerprint density at radius 3 is 2.54 bits per heavy atom. The molecule has 1 nitrogen and oxygen atoms in total. The Morgan fingerprint density at radius 2 is 2.15 bits per heavy atom. The number of halogens is 5. The molecule has 1 heterocycles. The van der Waals surface area contributed by atoms with E-state index in [2.05, 4.69) is 4.99 Å². The van der Waals surface area contributed by atoms with Crippen LogP contribution in [-0.4, -0.2) is 15.3 Å². The van der Waals surface area contributed by atoms with Gasteiger partial charge in [-0.05, 0) is 13.0 Å². The number of nitrogens with zero attached hydrogens (tertiary/aromatic N) is 1. The van der Waals surface area contributed by atoms with Crippen molar-refractivity contribution >= 4 is 39.9 Å². The zero-order chi connectivity index (χ0) is 10.3. The normalized spacial score (nSPS) is 29.7. The van der Waals surface area contributed by atoms with Crippen LogP contribution in [0.2, 0.25) is 0 Å². The van der Waals surface area contributed by atoms with E-state index >= 15 is 0 Å². The summed E-state index contributed by atoms with van der Waals surface area (Å²) in [5, 5.41) is -0.0875. The van der Waals surface area contributed by atoms with Crippen LogP contribution < -0.4 is 0 Å². The highest BCUT2D eigenvalue weighted by Crippen LogP contribution is 2.36. The molecule has 1 aliphatic heterocycles. The van der Waals surface area contributed by atoms with Crippen LogP contribution in [0, 0.1) is 0 Å². The molecular weight excluding hydrogens is 317 g/mol. The first-order valence-electron chi connectivity index (χ1n) is 3.43. The fraction of sp³-hybridized carbons (Fsp3) is 0.571. The van der Waals surface area contributed by atoms with E-state index in [9.17, 15) is 13.2 Å². The zero-order valence-electron chi connectivity index (χ0n) is 6.62. The van der Waals surface area contributed by atoms with Gasteiger partial charge < -0.3 is 0 Å². The summed E-state index contributed by atoms with van der Waals surface area (Å²) in [6, 6.07) is 0. The molecule has 0 N–H and O–H groups in total. The third kappa shape index (κ3) is 3.12. The van der Waals surface area contributed by atoms with E-state index in [-0.39, 0.29) is 11.6 Å². The molecule has 13 heavy (non-hydrogen) atoms. The first-order valence-corrected chi connectivity index (χ1v) is 4.88. The standard InChI is InChI=1S/C7H6ClF3IN/c1-6(12)2-4(7(9,10)11)13-5(8)3-6/h3H,2H2,1H3. The molecule has 1 rings (SSSR count). The molecule has 0 aromatic rings. The van der Waals surface area contributed by atoms with Gasteiger partial charge in [-0.1, -0.05) is 34.2 Å². The Labute approximate surface area is 92.2 Å². The van der Waals surface area contributed by atoms with Crippen LogP contribution in [0.3, 0.4) is 0 Å². The van der Waals surface area contributed by atoms with Gasteiger partial charge in [0.25, 0.3) is 0 Å². The van der Waals surface area contributed by atoms with Gasteiger partial charge in [0.2, 0.25) is 0 Å². The number of rotatable bonds is 0. The molecule has 0 saturated carbocycles. The molecule has 0 radical (unpaired) electrons. The molecule has 0 amide bonds. The molecular formula is C7H6ClF3IN. The number of aliphatic imine (C=N–C) groups is 1. The second-order valence-corrected chi connectivity index (χ2v) is 5.83. The summed E-state index contributed by atoms with van der Waals surface area (Å²) in [7, 11) is 0. The maximum atomic E-state index is 12.2. The van der Waals surface area contributed by atoms with Crippen molar-refractivity contribution in [3.05, 3.63) is 11.2 Å². The fourth-order valence-corrected chi connectivity index (χ4v) is 2.17. The van der Waals surface area contributed by atoms with E-state index in [0.29, 0.717) is 0 Å². The second-order valence-electron chi connectivity index (χ2n) is 2.98. The van der Waals surface area contributed by atoms with Crippen LogP contribution in [0.15, 0.2) is 16.2 Å². The molecule has 0 aromatic heterocycles. The van der Waals surface area contributed by atoms with Crippen molar-refractivity contribution in [1.29, 1.82) is 0 Å². The third-order valence-electron chi connectivity index (χ3n) is 1.50. The van der Waals surface area contributed by atoms with Crippen molar-refractivity contribution in [2.75, 3.05) is 0 Å². The molecule has 6 heteroatoms. The highest BCUT2D eigenvalue weighted by atomic mass is 127. The summed E-state index contributed by atoms with van der Waals surface area (Å²) in [4.78, 5) is 3.26. The average molecular weight is 323 g/mol. The van der Waals surface area contributed by atoms with Gasteiger partial charge in [-0.25, -0.2) is 4.99 Å². The van der Waals surface area contributed by atoms with Crippen molar-refractivity contribution in [2.45, 2.75) is 22.9 Å². The van der Waals surface area contributed by atoms with E-state index in [1.807, 2.05) is 22.6 Å². The lowest BCUT2D eigenvalue weighted by atomic mass is 10.0. The van der Waals surface area contributed by atoms with Crippen molar-refractivity contribution in [2.24, 2.45) is 4.99 Å². The minimum absolute atomic E-state index is 0.0875. The summed E-state index contributed by atoms with van der Waals surface area (Å²) in [6.45, 7) is 1.68. The molecule has 0 aliphatic carbocycles. The van der Waals surface area contributed by atoms with Gasteiger partial charge in [-0.15, -0.1) is 0 Å². The molecule has 1 aliphatic rings. The maximum absolute atomic E-state index is 12.2. The minimum Gasteiger partial charge on any atom is -0.236 e. The zero-order valence-corrected chi connectivity index (χ0v) is 9.53. The van der Waals surface area contributed by atoms with Crippen molar-refractivity contribution in [1.82, 2.24) is 0 Å². The summed E-state index contributed by atoms with van der Waals surface area (Å²) >= 11 is 7.39. The van der Waals surface area contributed by atoms with E-state index < -0.39 is 15.3 Å². The SMILES string of the molecule is CC1(I)C=C(Cl)N=C(C(F)(F)F)C1. The highest BCUT2D eigenvalue weighted by molar-refractivity contribution is 14.1. The van der Waals surface area contributed by atoms with Crippen molar-refractivity contribution in [3.8, 4) is 0 Å². The van der Waals surface area contributed by atoms with Crippen LogP contribution in [0.1, 0.15) is 13.3 Å². The topological polar surface area (TPSA) is 12.4 Å². The molecule has 0 fully saturated rings. The highest BCUT2D eigenvalue weighted by Gasteiger charge is 2.41. The number of hydrogen-bond donors (Lipinski definition) is 0. The Morgan fingerprint density at radius 1 is 1.62 bits per heavy atom. The second kappa shape index (κ2) is 3.42. The van der Waals surface area contributed by atoms with E-state index in [0.717, 1.165) is 0 Å². The van der Waals surface area contributed by atoms with E-state index in [4.69, 9.17) is 11.6 Å². The quantitative estimate of drug-likeness (QED) is 0.366. The summed E-state index contributed by atoms with van der Waals surface area (Å²) in [6.07, 6.45) is -2.99. The Balaban J connectivity index is 2.99. The van der Waals surface area contributed by atoms with Crippen LogP contribution in [0.5, 0.6) is 0 Å². The van der Waals surface area contributed by atoms with E-state index in [1.165, 1.54) is 6.08 Å². The Kier molecular flexibility index (Phi) is 2.97. The first kappa shape index (κ1) is 11.3. The lowest BCUT2D eigenvalue weighted by molar-refractivity contribution is -0.0608. The van der Waals surface area contributed by atoms with Gasteiger partial charge in [-0.3, -0.25) is 0 Å². The van der Waals surface area contributed by atoms with Crippen LogP contribution in [0.25, 0.3) is 0 Å². The molecule has 74 valence electrons. The number of alkyl halides is 4. The van der Waals surface area contributed by atoms with Crippen LogP contribution >= 0.6 is 34.2 Å². The summed E-state index contributed by atoms with van der Waals surface area (Å²) in [5.74, 6) is 0. The average Bonchev–Trinajstić information content (AvgIpc) is 1.79. The van der Waals surface area contributed by atoms with Gasteiger partial charge in [0.1, 0.15) is 10.9 Å². The number of allylic oxidation sites excluding steroid dienone is 1. The molecule has 0 bridgehead atoms. The minimum atomic E-state index is -4.37.